The summed E-state index contributed by atoms with van der Waals surface area (Å²) in [5.74, 6) is -1.82. The minimum Gasteiger partial charge on any atom is -0.390 e. The summed E-state index contributed by atoms with van der Waals surface area (Å²) in [6.45, 7) is 5.98. The van der Waals surface area contributed by atoms with E-state index in [0.29, 0.717) is 37.4 Å². The second-order valence-electron chi connectivity index (χ2n) is 10.1. The summed E-state index contributed by atoms with van der Waals surface area (Å²) in [5.41, 5.74) is 1.97. The summed E-state index contributed by atoms with van der Waals surface area (Å²) >= 11 is 0. The van der Waals surface area contributed by atoms with Gasteiger partial charge in [-0.2, -0.15) is 0 Å². The quantitative estimate of drug-likeness (QED) is 0.388. The molecule has 4 N–H and O–H groups in total. The molecule has 37 heavy (non-hydrogen) atoms. The lowest BCUT2D eigenvalue weighted by molar-refractivity contribution is -0.136. The number of amides is 2. The van der Waals surface area contributed by atoms with Gasteiger partial charge in [-0.25, -0.2) is 8.78 Å². The Labute approximate surface area is 216 Å². The molecule has 9 heteroatoms. The number of aliphatic hydroxyl groups excluding tert-OH is 2. The van der Waals surface area contributed by atoms with Gasteiger partial charge in [0.25, 0.3) is 0 Å². The molecule has 0 saturated carbocycles. The highest BCUT2D eigenvalue weighted by Gasteiger charge is 2.38. The summed E-state index contributed by atoms with van der Waals surface area (Å²) < 4.78 is 27.5. The number of benzene rings is 2. The number of carbonyl (C=O) groups is 2. The van der Waals surface area contributed by atoms with Gasteiger partial charge in [0.15, 0.2) is 0 Å². The minimum atomic E-state index is -1.06. The molecular formula is C28H37F2N3O4. The van der Waals surface area contributed by atoms with Crippen LogP contribution in [0.2, 0.25) is 0 Å². The van der Waals surface area contributed by atoms with Crippen molar-refractivity contribution in [3.05, 3.63) is 70.8 Å². The molecular weight excluding hydrogens is 480 g/mol. The third kappa shape index (κ3) is 7.56. The number of rotatable bonds is 10. The van der Waals surface area contributed by atoms with Gasteiger partial charge in [-0.15, -0.1) is 0 Å². The topological polar surface area (TPSA) is 102 Å². The molecule has 0 radical (unpaired) electrons. The summed E-state index contributed by atoms with van der Waals surface area (Å²) in [7, 11) is 0. The van der Waals surface area contributed by atoms with Crippen LogP contribution >= 0.6 is 0 Å². The second kappa shape index (κ2) is 12.6. The monoisotopic (exact) mass is 517 g/mol. The van der Waals surface area contributed by atoms with E-state index in [9.17, 15) is 28.6 Å². The lowest BCUT2D eigenvalue weighted by Crippen LogP contribution is -2.56. The average molecular weight is 518 g/mol. The van der Waals surface area contributed by atoms with Crippen LogP contribution in [-0.2, 0) is 21.5 Å². The summed E-state index contributed by atoms with van der Waals surface area (Å²) in [6, 6.07) is 10.6. The number of nitrogens with one attached hydrogen (secondary N) is 2. The Morgan fingerprint density at radius 2 is 1.73 bits per heavy atom. The van der Waals surface area contributed by atoms with Gasteiger partial charge in [0.05, 0.1) is 12.1 Å². The fraction of sp³-hybridized carbons (Fsp3) is 0.500. The van der Waals surface area contributed by atoms with E-state index in [4.69, 9.17) is 0 Å². The zero-order chi connectivity index (χ0) is 27.2. The Morgan fingerprint density at radius 3 is 2.30 bits per heavy atom. The van der Waals surface area contributed by atoms with Gasteiger partial charge in [-0.05, 0) is 54.0 Å². The smallest absolute Gasteiger partial charge is 0.248 e. The maximum Gasteiger partial charge on any atom is 0.248 e. The molecule has 0 bridgehead atoms. The highest BCUT2D eigenvalue weighted by molar-refractivity contribution is 5.77. The fourth-order valence-corrected chi connectivity index (χ4v) is 4.97. The van der Waals surface area contributed by atoms with E-state index in [1.54, 1.807) is 4.90 Å². The normalized spacial score (nSPS) is 16.9. The van der Waals surface area contributed by atoms with Gasteiger partial charge >= 0.3 is 0 Å². The number of nitrogens with zero attached hydrogens (tertiary/aromatic N) is 1. The van der Waals surface area contributed by atoms with Crippen molar-refractivity contribution in [2.45, 2.75) is 63.6 Å². The lowest BCUT2D eigenvalue weighted by Gasteiger charge is -2.44. The van der Waals surface area contributed by atoms with Crippen molar-refractivity contribution >= 4 is 11.8 Å². The maximum atomic E-state index is 13.7. The Balaban J connectivity index is 1.83. The van der Waals surface area contributed by atoms with Gasteiger partial charge in [-0.3, -0.25) is 9.59 Å². The number of aliphatic hydroxyl groups is 2. The van der Waals surface area contributed by atoms with Crippen LogP contribution in [0.25, 0.3) is 0 Å². The third-order valence-electron chi connectivity index (χ3n) is 7.09. The first-order valence-corrected chi connectivity index (χ1v) is 12.7. The number of hydrogen-bond acceptors (Lipinski definition) is 5. The summed E-state index contributed by atoms with van der Waals surface area (Å²) in [6.07, 6.45) is 0.114. The van der Waals surface area contributed by atoms with Crippen molar-refractivity contribution in [1.29, 1.82) is 0 Å². The van der Waals surface area contributed by atoms with Crippen LogP contribution in [0.3, 0.4) is 0 Å². The van der Waals surface area contributed by atoms with Crippen molar-refractivity contribution in [1.82, 2.24) is 15.5 Å². The molecule has 7 nitrogen and oxygen atoms in total. The molecule has 0 aromatic heterocycles. The average Bonchev–Trinajstić information content (AvgIpc) is 2.86. The predicted octanol–water partition coefficient (Wildman–Crippen LogP) is 2.60. The van der Waals surface area contributed by atoms with Crippen LogP contribution in [-0.4, -0.2) is 65.3 Å². The summed E-state index contributed by atoms with van der Waals surface area (Å²) in [5, 5.41) is 26.6. The molecule has 2 aromatic rings. The first-order valence-electron chi connectivity index (χ1n) is 12.7. The Kier molecular flexibility index (Phi) is 9.75. The van der Waals surface area contributed by atoms with E-state index >= 15 is 0 Å². The van der Waals surface area contributed by atoms with E-state index in [1.165, 1.54) is 19.1 Å². The summed E-state index contributed by atoms with van der Waals surface area (Å²) in [4.78, 5) is 25.5. The van der Waals surface area contributed by atoms with Crippen molar-refractivity contribution in [2.75, 3.05) is 26.2 Å². The van der Waals surface area contributed by atoms with Gasteiger partial charge in [-0.1, -0.05) is 38.1 Å². The van der Waals surface area contributed by atoms with Gasteiger partial charge in [0.2, 0.25) is 11.8 Å². The lowest BCUT2D eigenvalue weighted by atomic mass is 9.79. The molecule has 0 spiro atoms. The van der Waals surface area contributed by atoms with Crippen LogP contribution in [0.5, 0.6) is 0 Å². The SMILES string of the molecule is CC(=O)N[C@@H](Cc1cc(F)cc(F)c1)[C@@H](O)CNC1(c2cccc(C(C)C)c2)CCN(C(=O)CO)CC1. The van der Waals surface area contributed by atoms with Gasteiger partial charge in [0, 0.05) is 38.2 Å². The fourth-order valence-electron chi connectivity index (χ4n) is 4.97. The van der Waals surface area contributed by atoms with Crippen LogP contribution in [0, 0.1) is 11.6 Å². The number of halogens is 2. The minimum absolute atomic E-state index is 0.0473. The van der Waals surface area contributed by atoms with Crippen LogP contribution < -0.4 is 10.6 Å². The zero-order valence-electron chi connectivity index (χ0n) is 21.6. The number of likely N-dealkylation sites (tertiary alicyclic amines) is 1. The Bertz CT molecular complexity index is 1070. The molecule has 1 aliphatic heterocycles. The maximum absolute atomic E-state index is 13.7. The first-order chi connectivity index (χ1) is 17.5. The van der Waals surface area contributed by atoms with E-state index in [0.717, 1.165) is 17.2 Å². The first kappa shape index (κ1) is 28.7. The largest absolute Gasteiger partial charge is 0.390 e. The Morgan fingerprint density at radius 1 is 1.08 bits per heavy atom. The predicted molar refractivity (Wildman–Crippen MR) is 137 cm³/mol. The van der Waals surface area contributed by atoms with Gasteiger partial charge in [0.1, 0.15) is 18.2 Å². The number of carbonyl (C=O) groups excluding carboxylic acids is 2. The second-order valence-corrected chi connectivity index (χ2v) is 10.1. The third-order valence-corrected chi connectivity index (χ3v) is 7.09. The molecule has 1 fully saturated rings. The molecule has 0 unspecified atom stereocenters. The van der Waals surface area contributed by atoms with Crippen LogP contribution in [0.15, 0.2) is 42.5 Å². The van der Waals surface area contributed by atoms with E-state index in [1.807, 2.05) is 12.1 Å². The molecule has 0 aliphatic carbocycles. The molecule has 2 atom stereocenters. The van der Waals surface area contributed by atoms with E-state index < -0.39 is 35.9 Å². The van der Waals surface area contributed by atoms with Crippen LogP contribution in [0.1, 0.15) is 56.2 Å². The van der Waals surface area contributed by atoms with Gasteiger partial charge < -0.3 is 25.7 Å². The van der Waals surface area contributed by atoms with Crippen LogP contribution in [0.4, 0.5) is 8.78 Å². The van der Waals surface area contributed by atoms with Crippen molar-refractivity contribution < 1.29 is 28.6 Å². The van der Waals surface area contributed by atoms with Crippen molar-refractivity contribution in [3.8, 4) is 0 Å². The molecule has 202 valence electrons. The number of hydrogen-bond donors (Lipinski definition) is 4. The standard InChI is InChI=1S/C28H37F2N3O4/c1-18(2)21-5-4-6-22(14-21)28(7-9-33(10-8-28)27(37)17-34)31-16-26(36)25(32-19(3)35)13-20-11-23(29)15-24(30)12-20/h4-6,11-12,14-15,18,25-26,31,34,36H,7-10,13,16-17H2,1-3H3,(H,32,35)/t25-,26-/m0/s1. The van der Waals surface area contributed by atoms with Crippen molar-refractivity contribution in [3.63, 3.8) is 0 Å². The molecule has 2 aromatic carbocycles. The van der Waals surface area contributed by atoms with E-state index in [-0.39, 0.29) is 24.8 Å². The molecule has 2 amide bonds. The van der Waals surface area contributed by atoms with E-state index in [2.05, 4.69) is 36.6 Å². The highest BCUT2D eigenvalue weighted by Crippen LogP contribution is 2.34. The number of piperidine rings is 1. The zero-order valence-corrected chi connectivity index (χ0v) is 21.6. The molecule has 1 saturated heterocycles. The molecule has 3 rings (SSSR count). The molecule has 1 heterocycles. The Hall–Kier alpha value is -2.88. The van der Waals surface area contributed by atoms with Crippen molar-refractivity contribution in [2.24, 2.45) is 0 Å². The molecule has 1 aliphatic rings. The highest BCUT2D eigenvalue weighted by atomic mass is 19.1.